The number of hydrogen-bond donors (Lipinski definition) is 1. The van der Waals surface area contributed by atoms with E-state index in [9.17, 15) is 14.7 Å². The van der Waals surface area contributed by atoms with Crippen molar-refractivity contribution in [2.75, 3.05) is 26.3 Å². The number of aliphatic carboxylic acids is 1. The van der Waals surface area contributed by atoms with Gasteiger partial charge in [-0.15, -0.1) is 0 Å². The molecule has 0 saturated carbocycles. The Morgan fingerprint density at radius 1 is 1.03 bits per heavy atom. The first-order valence-corrected chi connectivity index (χ1v) is 12.3. The van der Waals surface area contributed by atoms with Crippen molar-refractivity contribution in [2.24, 2.45) is 0 Å². The Bertz CT molecular complexity index is 1210. The number of aromatic nitrogens is 1. The molecule has 5 rings (SSSR count). The molecule has 2 heterocycles. The molecule has 1 aliphatic heterocycles. The minimum Gasteiger partial charge on any atom is -0.480 e. The number of carboxylic acids is 1. The number of hydrogen-bond acceptors (Lipinski definition) is 5. The summed E-state index contributed by atoms with van der Waals surface area (Å²) in [6.07, 6.45) is 3.86. The van der Waals surface area contributed by atoms with E-state index in [2.05, 4.69) is 45.2 Å². The Kier molecular flexibility index (Phi) is 6.58. The fourth-order valence-electron chi connectivity index (χ4n) is 5.17. The second-order valence-electron chi connectivity index (χ2n) is 8.82. The van der Waals surface area contributed by atoms with Crippen LogP contribution in [0.3, 0.4) is 0 Å². The van der Waals surface area contributed by atoms with Gasteiger partial charge in [0, 0.05) is 41.4 Å². The molecule has 1 amide bonds. The first-order chi connectivity index (χ1) is 17.0. The van der Waals surface area contributed by atoms with E-state index in [0.29, 0.717) is 25.9 Å². The van der Waals surface area contributed by atoms with Crippen LogP contribution in [0.25, 0.3) is 11.1 Å². The summed E-state index contributed by atoms with van der Waals surface area (Å²) in [7, 11) is 0. The predicted molar refractivity (Wildman–Crippen MR) is 133 cm³/mol. The van der Waals surface area contributed by atoms with E-state index in [1.165, 1.54) is 22.3 Å². The fraction of sp³-hybridized carbons (Fsp3) is 0.296. The number of ether oxygens (including phenoxy) is 2. The van der Waals surface area contributed by atoms with Crippen molar-refractivity contribution in [1.29, 1.82) is 0 Å². The summed E-state index contributed by atoms with van der Waals surface area (Å²) in [6.45, 7) is 0.635. The van der Waals surface area contributed by atoms with Gasteiger partial charge >= 0.3 is 12.1 Å². The predicted octanol–water partition coefficient (Wildman–Crippen LogP) is 5.19. The van der Waals surface area contributed by atoms with E-state index in [4.69, 9.17) is 9.47 Å². The highest BCUT2D eigenvalue weighted by molar-refractivity contribution is 9.10. The molecule has 3 aromatic rings. The van der Waals surface area contributed by atoms with Crippen LogP contribution in [-0.4, -0.2) is 53.4 Å². The maximum atomic E-state index is 13.0. The van der Waals surface area contributed by atoms with Crippen molar-refractivity contribution in [3.8, 4) is 11.1 Å². The summed E-state index contributed by atoms with van der Waals surface area (Å²) in [5.74, 6) is -1.03. The lowest BCUT2D eigenvalue weighted by Gasteiger charge is -2.41. The van der Waals surface area contributed by atoms with Crippen LogP contribution >= 0.6 is 15.9 Å². The zero-order valence-corrected chi connectivity index (χ0v) is 20.6. The number of fused-ring (bicyclic) bond motifs is 3. The molecule has 0 spiro atoms. The molecular weight excluding hydrogens is 512 g/mol. The van der Waals surface area contributed by atoms with Crippen LogP contribution < -0.4 is 0 Å². The summed E-state index contributed by atoms with van der Waals surface area (Å²) < 4.78 is 12.5. The quantitative estimate of drug-likeness (QED) is 0.466. The van der Waals surface area contributed by atoms with E-state index < -0.39 is 18.2 Å². The Morgan fingerprint density at radius 2 is 1.66 bits per heavy atom. The number of piperidine rings is 1. The van der Waals surface area contributed by atoms with Gasteiger partial charge in [-0.1, -0.05) is 48.5 Å². The summed E-state index contributed by atoms with van der Waals surface area (Å²) in [5.41, 5.74) is 4.73. The summed E-state index contributed by atoms with van der Waals surface area (Å²) in [4.78, 5) is 30.0. The smallest absolute Gasteiger partial charge is 0.409 e. The minimum absolute atomic E-state index is 0.00176. The Labute approximate surface area is 211 Å². The van der Waals surface area contributed by atoms with Gasteiger partial charge in [-0.25, -0.2) is 9.59 Å². The second kappa shape index (κ2) is 9.79. The molecule has 1 aromatic heterocycles. The zero-order chi connectivity index (χ0) is 24.4. The lowest BCUT2D eigenvalue weighted by molar-refractivity contribution is -0.154. The molecule has 1 fully saturated rings. The van der Waals surface area contributed by atoms with Crippen LogP contribution in [0.4, 0.5) is 4.79 Å². The highest BCUT2D eigenvalue weighted by Gasteiger charge is 2.41. The van der Waals surface area contributed by atoms with Gasteiger partial charge in [0.1, 0.15) is 13.2 Å². The van der Waals surface area contributed by atoms with Crippen molar-refractivity contribution in [3.05, 3.63) is 88.2 Å². The Hall–Kier alpha value is -3.23. The van der Waals surface area contributed by atoms with Crippen molar-refractivity contribution < 1.29 is 24.2 Å². The van der Waals surface area contributed by atoms with Crippen molar-refractivity contribution in [1.82, 2.24) is 9.88 Å². The molecule has 2 aliphatic rings. The number of amides is 1. The molecule has 180 valence electrons. The van der Waals surface area contributed by atoms with E-state index in [1.807, 2.05) is 30.3 Å². The molecule has 35 heavy (non-hydrogen) atoms. The van der Waals surface area contributed by atoms with Crippen LogP contribution in [0.1, 0.15) is 35.4 Å². The molecule has 2 aromatic carbocycles. The number of carboxylic acid groups (broad SMARTS) is 1. The van der Waals surface area contributed by atoms with Crippen LogP contribution in [-0.2, 0) is 19.9 Å². The number of halogens is 1. The SMILES string of the molecule is O=C(O)COC1(c2ccncc2Br)CCN(C(=O)OCC2c3ccccc3-c3ccccc32)CC1. The van der Waals surface area contributed by atoms with Gasteiger partial charge in [0.2, 0.25) is 0 Å². The van der Waals surface area contributed by atoms with Gasteiger partial charge in [-0.05, 0) is 57.1 Å². The van der Waals surface area contributed by atoms with Crippen LogP contribution in [0.15, 0.2) is 71.5 Å². The first-order valence-electron chi connectivity index (χ1n) is 11.5. The van der Waals surface area contributed by atoms with Crippen LogP contribution in [0, 0.1) is 0 Å². The van der Waals surface area contributed by atoms with Gasteiger partial charge in [0.25, 0.3) is 0 Å². The lowest BCUT2D eigenvalue weighted by Crippen LogP contribution is -2.47. The van der Waals surface area contributed by atoms with Crippen LogP contribution in [0.2, 0.25) is 0 Å². The molecule has 1 N–H and O–H groups in total. The summed E-state index contributed by atoms with van der Waals surface area (Å²) in [6, 6.07) is 18.3. The second-order valence-corrected chi connectivity index (χ2v) is 9.68. The normalized spacial score (nSPS) is 16.4. The highest BCUT2D eigenvalue weighted by atomic mass is 79.9. The van der Waals surface area contributed by atoms with E-state index in [0.717, 1.165) is 10.0 Å². The van der Waals surface area contributed by atoms with Gasteiger partial charge < -0.3 is 19.5 Å². The maximum Gasteiger partial charge on any atom is 0.409 e. The molecule has 7 nitrogen and oxygen atoms in total. The Morgan fingerprint density at radius 3 is 2.26 bits per heavy atom. The third-order valence-corrected chi connectivity index (χ3v) is 7.53. The van der Waals surface area contributed by atoms with Crippen molar-refractivity contribution in [3.63, 3.8) is 0 Å². The molecule has 0 radical (unpaired) electrons. The largest absolute Gasteiger partial charge is 0.480 e. The lowest BCUT2D eigenvalue weighted by atomic mass is 9.84. The van der Waals surface area contributed by atoms with E-state index in [1.54, 1.807) is 17.3 Å². The average molecular weight is 537 g/mol. The third kappa shape index (κ3) is 4.56. The number of rotatable bonds is 6. The van der Waals surface area contributed by atoms with Crippen molar-refractivity contribution in [2.45, 2.75) is 24.4 Å². The third-order valence-electron chi connectivity index (χ3n) is 6.90. The Balaban J connectivity index is 1.27. The van der Waals surface area contributed by atoms with Gasteiger partial charge in [-0.3, -0.25) is 4.98 Å². The van der Waals surface area contributed by atoms with E-state index >= 15 is 0 Å². The summed E-state index contributed by atoms with van der Waals surface area (Å²) >= 11 is 3.51. The monoisotopic (exact) mass is 536 g/mol. The molecule has 8 heteroatoms. The maximum absolute atomic E-state index is 13.0. The van der Waals surface area contributed by atoms with Gasteiger partial charge in [-0.2, -0.15) is 0 Å². The zero-order valence-electron chi connectivity index (χ0n) is 19.0. The van der Waals surface area contributed by atoms with Gasteiger partial charge in [0.15, 0.2) is 0 Å². The molecule has 0 unspecified atom stereocenters. The highest BCUT2D eigenvalue weighted by Crippen LogP contribution is 2.45. The molecular formula is C27H25BrN2O5. The number of pyridine rings is 1. The van der Waals surface area contributed by atoms with E-state index in [-0.39, 0.29) is 18.6 Å². The molecule has 1 aliphatic carbocycles. The van der Waals surface area contributed by atoms with Crippen molar-refractivity contribution >= 4 is 28.0 Å². The fourth-order valence-corrected chi connectivity index (χ4v) is 5.78. The number of nitrogens with zero attached hydrogens (tertiary/aromatic N) is 2. The summed E-state index contributed by atoms with van der Waals surface area (Å²) in [5, 5.41) is 9.19. The number of likely N-dealkylation sites (tertiary alicyclic amines) is 1. The average Bonchev–Trinajstić information content (AvgIpc) is 3.20. The molecule has 0 atom stereocenters. The number of carbonyl (C=O) groups is 2. The molecule has 1 saturated heterocycles. The molecule has 0 bridgehead atoms. The van der Waals surface area contributed by atoms with Crippen LogP contribution in [0.5, 0.6) is 0 Å². The first kappa shape index (κ1) is 23.5. The topological polar surface area (TPSA) is 89.0 Å². The standard InChI is InChI=1S/C27H25BrN2O5/c28-24-15-29-12-9-23(24)27(35-17-25(31)32)10-13-30(14-11-27)26(33)34-16-22-20-7-3-1-5-18(20)19-6-2-4-8-21(19)22/h1-9,12,15,22H,10-11,13-14,16-17H2,(H,31,32). The number of carbonyl (C=O) groups excluding carboxylic acids is 1. The number of benzene rings is 2. The minimum atomic E-state index is -1.03. The van der Waals surface area contributed by atoms with Gasteiger partial charge in [0.05, 0.1) is 5.60 Å².